The Morgan fingerprint density at radius 2 is 1.71 bits per heavy atom. The van der Waals surface area contributed by atoms with E-state index in [0.29, 0.717) is 23.7 Å². The molecule has 1 heterocycles. The lowest BCUT2D eigenvalue weighted by atomic mass is 10.1. The molecule has 0 spiro atoms. The van der Waals surface area contributed by atoms with Crippen LogP contribution in [0, 0.1) is 0 Å². The van der Waals surface area contributed by atoms with E-state index in [9.17, 15) is 22.4 Å². The second kappa shape index (κ2) is 10.00. The van der Waals surface area contributed by atoms with Gasteiger partial charge in [0.2, 0.25) is 0 Å². The maximum Gasteiger partial charge on any atom is 0.319 e. The first-order valence-corrected chi connectivity index (χ1v) is 9.82. The Kier molecular flexibility index (Phi) is 7.37. The third-order valence-corrected chi connectivity index (χ3v) is 5.06. The summed E-state index contributed by atoms with van der Waals surface area (Å²) in [5.41, 5.74) is 1.36. The highest BCUT2D eigenvalue weighted by atomic mass is 19.3. The molecule has 2 aromatic carbocycles. The number of carbonyl (C=O) groups excluding carboxylic acids is 1. The zero-order chi connectivity index (χ0) is 22.4. The van der Waals surface area contributed by atoms with Gasteiger partial charge in [0.25, 0.3) is 5.91 Å². The molecular formula is C22H24F4N2O3. The quantitative estimate of drug-likeness (QED) is 0.584. The highest BCUT2D eigenvalue weighted by molar-refractivity contribution is 5.95. The van der Waals surface area contributed by atoms with Crippen LogP contribution in [-0.4, -0.2) is 67.9 Å². The minimum Gasteiger partial charge on any atom is -0.493 e. The van der Waals surface area contributed by atoms with Crippen molar-refractivity contribution >= 4 is 5.91 Å². The molecule has 2 aromatic rings. The summed E-state index contributed by atoms with van der Waals surface area (Å²) in [5, 5.41) is 0. The fourth-order valence-electron chi connectivity index (χ4n) is 3.31. The van der Waals surface area contributed by atoms with Crippen molar-refractivity contribution in [3.8, 4) is 11.5 Å². The average Bonchev–Trinajstić information content (AvgIpc) is 2.78. The van der Waals surface area contributed by atoms with Crippen molar-refractivity contribution in [2.24, 2.45) is 0 Å². The average molecular weight is 440 g/mol. The van der Waals surface area contributed by atoms with Crippen LogP contribution >= 0.6 is 0 Å². The monoisotopic (exact) mass is 440 g/mol. The summed E-state index contributed by atoms with van der Waals surface area (Å²) < 4.78 is 62.4. The Balaban J connectivity index is 1.59. The van der Waals surface area contributed by atoms with Crippen molar-refractivity contribution in [1.29, 1.82) is 0 Å². The van der Waals surface area contributed by atoms with E-state index >= 15 is 0 Å². The van der Waals surface area contributed by atoms with Crippen LogP contribution in [0.5, 0.6) is 11.5 Å². The fourth-order valence-corrected chi connectivity index (χ4v) is 3.31. The predicted octanol–water partition coefficient (Wildman–Crippen LogP) is 3.93. The van der Waals surface area contributed by atoms with Gasteiger partial charge in [-0.3, -0.25) is 9.69 Å². The van der Waals surface area contributed by atoms with Crippen molar-refractivity contribution in [3.63, 3.8) is 0 Å². The van der Waals surface area contributed by atoms with E-state index in [0.717, 1.165) is 5.56 Å². The van der Waals surface area contributed by atoms with E-state index in [2.05, 4.69) is 0 Å². The smallest absolute Gasteiger partial charge is 0.319 e. The molecular weight excluding hydrogens is 416 g/mol. The second-order valence-corrected chi connectivity index (χ2v) is 7.27. The Bertz CT molecular complexity index is 872. The molecule has 0 bridgehead atoms. The molecule has 1 aliphatic rings. The minimum absolute atomic E-state index is 0.101. The Hall–Kier alpha value is -2.81. The summed E-state index contributed by atoms with van der Waals surface area (Å²) >= 11 is 0. The largest absolute Gasteiger partial charge is 0.493 e. The number of methoxy groups -OCH3 is 1. The van der Waals surface area contributed by atoms with Crippen molar-refractivity contribution < 1.29 is 31.8 Å². The molecule has 0 saturated carbocycles. The van der Waals surface area contributed by atoms with Gasteiger partial charge in [0.1, 0.15) is 6.61 Å². The summed E-state index contributed by atoms with van der Waals surface area (Å²) in [5.74, 6) is -3.46. The molecule has 1 amide bonds. The third kappa shape index (κ3) is 5.88. The van der Waals surface area contributed by atoms with Gasteiger partial charge in [0.05, 0.1) is 13.7 Å². The van der Waals surface area contributed by atoms with Crippen LogP contribution in [0.25, 0.3) is 0 Å². The molecule has 0 aromatic heterocycles. The zero-order valence-corrected chi connectivity index (χ0v) is 17.1. The minimum atomic E-state index is -4.06. The SMILES string of the molecule is COc1cc(C(=O)N2CCN(CC(F)(F)C(F)F)CC2)ccc1OCc1ccccc1. The molecule has 0 unspecified atom stereocenters. The van der Waals surface area contributed by atoms with Gasteiger partial charge in [-0.05, 0) is 23.8 Å². The first-order valence-electron chi connectivity index (χ1n) is 9.82. The predicted molar refractivity (Wildman–Crippen MR) is 107 cm³/mol. The van der Waals surface area contributed by atoms with Crippen molar-refractivity contribution in [1.82, 2.24) is 9.80 Å². The van der Waals surface area contributed by atoms with E-state index in [1.54, 1.807) is 18.2 Å². The molecule has 0 radical (unpaired) electrons. The lowest BCUT2D eigenvalue weighted by Gasteiger charge is -2.36. The number of alkyl halides is 4. The molecule has 0 atom stereocenters. The number of carbonyl (C=O) groups is 1. The molecule has 1 aliphatic heterocycles. The van der Waals surface area contributed by atoms with Crippen LogP contribution in [0.15, 0.2) is 48.5 Å². The maximum atomic E-state index is 13.2. The van der Waals surface area contributed by atoms with Crippen molar-refractivity contribution in [2.75, 3.05) is 39.8 Å². The summed E-state index contributed by atoms with van der Waals surface area (Å²) in [6.45, 7) is -0.129. The van der Waals surface area contributed by atoms with Crippen molar-refractivity contribution in [3.05, 3.63) is 59.7 Å². The molecule has 9 heteroatoms. The Morgan fingerprint density at radius 3 is 2.32 bits per heavy atom. The third-order valence-electron chi connectivity index (χ3n) is 5.06. The lowest BCUT2D eigenvalue weighted by Crippen LogP contribution is -2.52. The summed E-state index contributed by atoms with van der Waals surface area (Å²) in [6, 6.07) is 14.4. The second-order valence-electron chi connectivity index (χ2n) is 7.27. The fraction of sp³-hybridized carbons (Fsp3) is 0.409. The molecule has 168 valence electrons. The highest BCUT2D eigenvalue weighted by Gasteiger charge is 2.42. The summed E-state index contributed by atoms with van der Waals surface area (Å²) in [6.07, 6.45) is -3.71. The van der Waals surface area contributed by atoms with E-state index in [-0.39, 0.29) is 32.1 Å². The first-order chi connectivity index (χ1) is 14.8. The molecule has 0 N–H and O–H groups in total. The van der Waals surface area contributed by atoms with Crippen LogP contribution in [0.2, 0.25) is 0 Å². The number of hydrogen-bond acceptors (Lipinski definition) is 4. The number of benzene rings is 2. The van der Waals surface area contributed by atoms with Gasteiger partial charge in [-0.15, -0.1) is 0 Å². The number of piperazine rings is 1. The van der Waals surface area contributed by atoms with Crippen molar-refractivity contribution in [2.45, 2.75) is 19.0 Å². The number of rotatable bonds is 8. The number of amides is 1. The van der Waals surface area contributed by atoms with Gasteiger partial charge >= 0.3 is 12.3 Å². The number of nitrogens with zero attached hydrogens (tertiary/aromatic N) is 2. The molecule has 3 rings (SSSR count). The van der Waals surface area contributed by atoms with Gasteiger partial charge in [0, 0.05) is 31.7 Å². The number of ether oxygens (including phenoxy) is 2. The van der Waals surface area contributed by atoms with Crippen LogP contribution < -0.4 is 9.47 Å². The van der Waals surface area contributed by atoms with Gasteiger partial charge in [0.15, 0.2) is 11.5 Å². The maximum absolute atomic E-state index is 13.2. The van der Waals surface area contributed by atoms with Gasteiger partial charge in [-0.25, -0.2) is 8.78 Å². The van der Waals surface area contributed by atoms with Crippen LogP contribution in [0.1, 0.15) is 15.9 Å². The van der Waals surface area contributed by atoms with Crippen LogP contribution in [0.4, 0.5) is 17.6 Å². The molecule has 5 nitrogen and oxygen atoms in total. The van der Waals surface area contributed by atoms with E-state index in [1.807, 2.05) is 30.3 Å². The highest BCUT2D eigenvalue weighted by Crippen LogP contribution is 2.30. The van der Waals surface area contributed by atoms with E-state index < -0.39 is 18.9 Å². The topological polar surface area (TPSA) is 42.0 Å². The zero-order valence-electron chi connectivity index (χ0n) is 17.1. The van der Waals surface area contributed by atoms with Gasteiger partial charge in [-0.2, -0.15) is 8.78 Å². The standard InChI is InChI=1S/C22H24F4N2O3/c1-30-19-13-17(7-8-18(19)31-14-16-5-3-2-4-6-16)20(29)28-11-9-27(10-12-28)15-22(25,26)21(23)24/h2-8,13,21H,9-12,14-15H2,1H3. The Labute approximate surface area is 178 Å². The van der Waals surface area contributed by atoms with E-state index in [4.69, 9.17) is 9.47 Å². The Morgan fingerprint density at radius 1 is 1.03 bits per heavy atom. The number of halogens is 4. The molecule has 1 fully saturated rings. The summed E-state index contributed by atoms with van der Waals surface area (Å²) in [7, 11) is 1.47. The summed E-state index contributed by atoms with van der Waals surface area (Å²) in [4.78, 5) is 15.6. The molecule has 0 aliphatic carbocycles. The van der Waals surface area contributed by atoms with Crippen LogP contribution in [-0.2, 0) is 6.61 Å². The normalized spacial score (nSPS) is 15.2. The molecule has 31 heavy (non-hydrogen) atoms. The first kappa shape index (κ1) is 22.9. The molecule has 1 saturated heterocycles. The van der Waals surface area contributed by atoms with Gasteiger partial charge < -0.3 is 14.4 Å². The lowest BCUT2D eigenvalue weighted by molar-refractivity contribution is -0.144. The van der Waals surface area contributed by atoms with Gasteiger partial charge in [-0.1, -0.05) is 30.3 Å². The number of hydrogen-bond donors (Lipinski definition) is 0. The van der Waals surface area contributed by atoms with E-state index in [1.165, 1.54) is 16.9 Å². The van der Waals surface area contributed by atoms with Crippen LogP contribution in [0.3, 0.4) is 0 Å².